The highest BCUT2D eigenvalue weighted by molar-refractivity contribution is 5.56. The van der Waals surface area contributed by atoms with Gasteiger partial charge in [0.1, 0.15) is 0 Å². The molecular weight excluding hydrogens is 224 g/mol. The third-order valence-corrected chi connectivity index (χ3v) is 4.32. The molecule has 3 nitrogen and oxygen atoms in total. The maximum Gasteiger partial charge on any atom is 0.0613 e. The van der Waals surface area contributed by atoms with E-state index in [0.717, 1.165) is 25.9 Å². The largest absolute Gasteiger partial charge is 0.394 e. The Morgan fingerprint density at radius 3 is 2.94 bits per heavy atom. The predicted octanol–water partition coefficient (Wildman–Crippen LogP) is 1.68. The van der Waals surface area contributed by atoms with Crippen LogP contribution in [0.15, 0.2) is 18.2 Å². The molecule has 0 bridgehead atoms. The summed E-state index contributed by atoms with van der Waals surface area (Å²) in [6.45, 7) is 2.30. The molecule has 1 fully saturated rings. The number of rotatable bonds is 4. The fraction of sp³-hybridized carbons (Fsp3) is 0.600. The van der Waals surface area contributed by atoms with Gasteiger partial charge in [-0.05, 0) is 42.9 Å². The molecule has 0 saturated heterocycles. The lowest BCUT2D eigenvalue weighted by Crippen LogP contribution is -2.34. The third-order valence-electron chi connectivity index (χ3n) is 4.32. The van der Waals surface area contributed by atoms with Crippen LogP contribution < -0.4 is 10.2 Å². The van der Waals surface area contributed by atoms with Gasteiger partial charge in [0.2, 0.25) is 0 Å². The van der Waals surface area contributed by atoms with Crippen LogP contribution in [0.1, 0.15) is 30.4 Å². The standard InChI is InChI=1S/C15H22N2O/c1-17-8-2-3-13-9-12(4-5-14(13)17)10-16-15(11-18)6-7-15/h4-5,9,16,18H,2-3,6-8,10-11H2,1H3. The van der Waals surface area contributed by atoms with Crippen molar-refractivity contribution in [1.29, 1.82) is 0 Å². The van der Waals surface area contributed by atoms with Gasteiger partial charge in [-0.2, -0.15) is 0 Å². The molecule has 1 heterocycles. The Morgan fingerprint density at radius 2 is 2.22 bits per heavy atom. The highest BCUT2D eigenvalue weighted by Gasteiger charge is 2.41. The van der Waals surface area contributed by atoms with Crippen LogP contribution in [0, 0.1) is 0 Å². The lowest BCUT2D eigenvalue weighted by atomic mass is 9.99. The Morgan fingerprint density at radius 1 is 1.39 bits per heavy atom. The first kappa shape index (κ1) is 12.0. The van der Waals surface area contributed by atoms with E-state index in [1.165, 1.54) is 29.7 Å². The van der Waals surface area contributed by atoms with E-state index in [9.17, 15) is 5.11 Å². The Bertz CT molecular complexity index is 440. The van der Waals surface area contributed by atoms with Crippen molar-refractivity contribution >= 4 is 5.69 Å². The fourth-order valence-corrected chi connectivity index (χ4v) is 2.78. The Kier molecular flexibility index (Phi) is 3.04. The molecular formula is C15H22N2O. The van der Waals surface area contributed by atoms with Crippen LogP contribution in [0.4, 0.5) is 5.69 Å². The summed E-state index contributed by atoms with van der Waals surface area (Å²) in [6.07, 6.45) is 4.66. The zero-order valence-electron chi connectivity index (χ0n) is 11.1. The molecule has 98 valence electrons. The van der Waals surface area contributed by atoms with Crippen LogP contribution in [0.3, 0.4) is 0 Å². The second-order valence-corrected chi connectivity index (χ2v) is 5.78. The van der Waals surface area contributed by atoms with Gasteiger partial charge in [0, 0.05) is 31.4 Å². The number of fused-ring (bicyclic) bond motifs is 1. The molecule has 2 aliphatic rings. The quantitative estimate of drug-likeness (QED) is 0.848. The van der Waals surface area contributed by atoms with Crippen molar-refractivity contribution in [1.82, 2.24) is 5.32 Å². The van der Waals surface area contributed by atoms with E-state index in [1.54, 1.807) is 0 Å². The molecule has 0 radical (unpaired) electrons. The minimum absolute atomic E-state index is 0.0344. The van der Waals surface area contributed by atoms with Crippen molar-refractivity contribution in [2.45, 2.75) is 37.8 Å². The average molecular weight is 246 g/mol. The number of nitrogens with one attached hydrogen (secondary N) is 1. The monoisotopic (exact) mass is 246 g/mol. The predicted molar refractivity (Wildman–Crippen MR) is 73.9 cm³/mol. The minimum Gasteiger partial charge on any atom is -0.394 e. The number of aryl methyl sites for hydroxylation is 1. The summed E-state index contributed by atoms with van der Waals surface area (Å²) in [5, 5.41) is 12.8. The number of hydrogen-bond acceptors (Lipinski definition) is 3. The number of aliphatic hydroxyl groups excluding tert-OH is 1. The first-order chi connectivity index (χ1) is 8.72. The van der Waals surface area contributed by atoms with Gasteiger partial charge >= 0.3 is 0 Å². The van der Waals surface area contributed by atoms with Gasteiger partial charge in [0.05, 0.1) is 6.61 Å². The minimum atomic E-state index is 0.0344. The normalized spacial score (nSPS) is 20.7. The van der Waals surface area contributed by atoms with E-state index in [0.29, 0.717) is 0 Å². The molecule has 2 N–H and O–H groups in total. The van der Waals surface area contributed by atoms with Crippen LogP contribution in [-0.2, 0) is 13.0 Å². The summed E-state index contributed by atoms with van der Waals surface area (Å²) in [6, 6.07) is 6.77. The van der Waals surface area contributed by atoms with E-state index in [-0.39, 0.29) is 12.1 Å². The Hall–Kier alpha value is -1.06. The summed E-state index contributed by atoms with van der Waals surface area (Å²) >= 11 is 0. The summed E-state index contributed by atoms with van der Waals surface area (Å²) in [4.78, 5) is 2.34. The molecule has 0 amide bonds. The van der Waals surface area contributed by atoms with Crippen molar-refractivity contribution in [3.05, 3.63) is 29.3 Å². The second kappa shape index (κ2) is 4.56. The van der Waals surface area contributed by atoms with Crippen molar-refractivity contribution < 1.29 is 5.11 Å². The molecule has 1 aromatic carbocycles. The number of benzene rings is 1. The average Bonchev–Trinajstić information content (AvgIpc) is 3.17. The maximum atomic E-state index is 9.29. The maximum absolute atomic E-state index is 9.29. The molecule has 0 unspecified atom stereocenters. The van der Waals surface area contributed by atoms with E-state index in [1.807, 2.05) is 0 Å². The second-order valence-electron chi connectivity index (χ2n) is 5.78. The molecule has 0 aromatic heterocycles. The van der Waals surface area contributed by atoms with Crippen molar-refractivity contribution in [3.63, 3.8) is 0 Å². The van der Waals surface area contributed by atoms with Crippen LogP contribution in [-0.4, -0.2) is 30.8 Å². The number of hydrogen-bond donors (Lipinski definition) is 2. The highest BCUT2D eigenvalue weighted by Crippen LogP contribution is 2.35. The Labute approximate surface area is 109 Å². The van der Waals surface area contributed by atoms with Gasteiger partial charge < -0.3 is 15.3 Å². The molecule has 3 heteroatoms. The zero-order chi connectivity index (χ0) is 12.6. The van der Waals surface area contributed by atoms with Gasteiger partial charge in [0.15, 0.2) is 0 Å². The molecule has 18 heavy (non-hydrogen) atoms. The molecule has 0 atom stereocenters. The van der Waals surface area contributed by atoms with Gasteiger partial charge in [-0.25, -0.2) is 0 Å². The summed E-state index contributed by atoms with van der Waals surface area (Å²) in [5.41, 5.74) is 4.22. The van der Waals surface area contributed by atoms with E-state index in [2.05, 4.69) is 35.5 Å². The highest BCUT2D eigenvalue weighted by atomic mass is 16.3. The molecule has 1 aliphatic heterocycles. The smallest absolute Gasteiger partial charge is 0.0613 e. The van der Waals surface area contributed by atoms with Crippen LogP contribution in [0.5, 0.6) is 0 Å². The van der Waals surface area contributed by atoms with E-state index >= 15 is 0 Å². The van der Waals surface area contributed by atoms with Crippen molar-refractivity contribution in [2.24, 2.45) is 0 Å². The molecule has 0 spiro atoms. The lowest BCUT2D eigenvalue weighted by Gasteiger charge is -2.28. The number of anilines is 1. The lowest BCUT2D eigenvalue weighted by molar-refractivity contribution is 0.229. The molecule has 1 aromatic rings. The number of aliphatic hydroxyl groups is 1. The number of nitrogens with zero attached hydrogens (tertiary/aromatic N) is 1. The first-order valence-corrected chi connectivity index (χ1v) is 6.91. The van der Waals surface area contributed by atoms with Gasteiger partial charge in [-0.1, -0.05) is 12.1 Å². The van der Waals surface area contributed by atoms with Crippen LogP contribution in [0.25, 0.3) is 0 Å². The van der Waals surface area contributed by atoms with Crippen molar-refractivity contribution in [3.8, 4) is 0 Å². The summed E-state index contributed by atoms with van der Waals surface area (Å²) in [5.74, 6) is 0. The van der Waals surface area contributed by atoms with Crippen LogP contribution in [0.2, 0.25) is 0 Å². The summed E-state index contributed by atoms with van der Waals surface area (Å²) in [7, 11) is 2.17. The molecule has 1 aliphatic carbocycles. The Balaban J connectivity index is 1.70. The van der Waals surface area contributed by atoms with Gasteiger partial charge in [-0.3, -0.25) is 0 Å². The van der Waals surface area contributed by atoms with Crippen molar-refractivity contribution in [2.75, 3.05) is 25.1 Å². The first-order valence-electron chi connectivity index (χ1n) is 6.91. The van der Waals surface area contributed by atoms with Gasteiger partial charge in [0.25, 0.3) is 0 Å². The fourth-order valence-electron chi connectivity index (χ4n) is 2.78. The molecule has 1 saturated carbocycles. The SMILES string of the molecule is CN1CCCc2cc(CNC3(CO)CC3)ccc21. The zero-order valence-corrected chi connectivity index (χ0v) is 11.1. The summed E-state index contributed by atoms with van der Waals surface area (Å²) < 4.78 is 0. The van der Waals surface area contributed by atoms with E-state index in [4.69, 9.17) is 0 Å². The van der Waals surface area contributed by atoms with E-state index < -0.39 is 0 Å². The topological polar surface area (TPSA) is 35.5 Å². The van der Waals surface area contributed by atoms with Gasteiger partial charge in [-0.15, -0.1) is 0 Å². The third kappa shape index (κ3) is 2.25. The molecule has 3 rings (SSSR count). The van der Waals surface area contributed by atoms with Crippen LogP contribution >= 0.6 is 0 Å².